The van der Waals surface area contributed by atoms with Crippen LogP contribution in [0.3, 0.4) is 0 Å². The van der Waals surface area contributed by atoms with E-state index < -0.39 is 10.8 Å². The zero-order valence-corrected chi connectivity index (χ0v) is 10.5. The van der Waals surface area contributed by atoms with Gasteiger partial charge in [-0.1, -0.05) is 23.2 Å². The molecule has 1 rings (SSSR count). The maximum atomic E-state index is 10.8. The first-order valence-electron chi connectivity index (χ1n) is 4.71. The van der Waals surface area contributed by atoms with Crippen molar-refractivity contribution in [2.75, 3.05) is 6.61 Å². The van der Waals surface area contributed by atoms with Gasteiger partial charge in [0.25, 0.3) is 5.69 Å². The summed E-state index contributed by atoms with van der Waals surface area (Å²) in [5.41, 5.74) is 1.69. The van der Waals surface area contributed by atoms with Crippen LogP contribution in [0.25, 0.3) is 0 Å². The molecule has 0 aliphatic heterocycles. The minimum Gasteiger partial charge on any atom is -0.490 e. The number of nitro benzene ring substituents is 1. The molecular formula is C9H9Cl2N3O4. The molecule has 0 bridgehead atoms. The highest BCUT2D eigenvalue weighted by molar-refractivity contribution is 6.37. The molecule has 0 radical (unpaired) electrons. The van der Waals surface area contributed by atoms with Gasteiger partial charge in [0.05, 0.1) is 28.0 Å². The number of nitro groups is 1. The molecule has 18 heavy (non-hydrogen) atoms. The molecule has 0 heterocycles. The Bertz CT molecular complexity index is 458. The number of carbonyl (C=O) groups is 1. The van der Waals surface area contributed by atoms with E-state index in [1.54, 1.807) is 0 Å². The van der Waals surface area contributed by atoms with Gasteiger partial charge in [-0.2, -0.15) is 0 Å². The minimum atomic E-state index is -0.622. The van der Waals surface area contributed by atoms with Crippen molar-refractivity contribution in [3.63, 3.8) is 0 Å². The highest BCUT2D eigenvalue weighted by Gasteiger charge is 2.15. The highest BCUT2D eigenvalue weighted by Crippen LogP contribution is 2.36. The average Bonchev–Trinajstić information content (AvgIpc) is 2.31. The summed E-state index contributed by atoms with van der Waals surface area (Å²) in [5, 5.41) is 10.5. The largest absolute Gasteiger partial charge is 0.490 e. The summed E-state index contributed by atoms with van der Waals surface area (Å²) in [7, 11) is 0. The van der Waals surface area contributed by atoms with Crippen LogP contribution < -0.4 is 16.0 Å². The normalized spacial score (nSPS) is 9.94. The van der Waals surface area contributed by atoms with Gasteiger partial charge in [0.1, 0.15) is 0 Å². The summed E-state index contributed by atoms with van der Waals surface area (Å²) in [6.07, 6.45) is 0.0140. The van der Waals surface area contributed by atoms with Crippen molar-refractivity contribution in [3.05, 3.63) is 32.3 Å². The van der Waals surface area contributed by atoms with Gasteiger partial charge in [-0.15, -0.1) is 0 Å². The topological polar surface area (TPSA) is 107 Å². The number of carbonyl (C=O) groups excluding carboxylic acids is 1. The third-order valence-corrected chi connectivity index (χ3v) is 2.49. The van der Waals surface area contributed by atoms with Crippen LogP contribution in [0.2, 0.25) is 10.0 Å². The summed E-state index contributed by atoms with van der Waals surface area (Å²) in [6, 6.07) is 2.23. The molecule has 0 saturated heterocycles. The molecule has 1 aromatic rings. The average molecular weight is 294 g/mol. The van der Waals surface area contributed by atoms with E-state index in [4.69, 9.17) is 33.8 Å². The molecule has 7 nitrogen and oxygen atoms in total. The molecule has 0 aromatic heterocycles. The number of nitrogens with two attached hydrogens (primary N) is 1. The molecule has 1 aromatic carbocycles. The monoisotopic (exact) mass is 293 g/mol. The lowest BCUT2D eigenvalue weighted by molar-refractivity contribution is -0.384. The minimum absolute atomic E-state index is 0.000282. The Morgan fingerprint density at radius 2 is 2.00 bits per heavy atom. The Morgan fingerprint density at radius 1 is 1.44 bits per heavy atom. The van der Waals surface area contributed by atoms with Crippen molar-refractivity contribution >= 4 is 34.8 Å². The lowest BCUT2D eigenvalue weighted by atomic mass is 10.3. The molecule has 1 amide bonds. The highest BCUT2D eigenvalue weighted by atomic mass is 35.5. The van der Waals surface area contributed by atoms with Crippen molar-refractivity contribution in [2.45, 2.75) is 6.42 Å². The second kappa shape index (κ2) is 6.39. The number of hydrazine groups is 1. The van der Waals surface area contributed by atoms with E-state index in [9.17, 15) is 14.9 Å². The Labute approximate surface area is 112 Å². The molecule has 0 spiro atoms. The van der Waals surface area contributed by atoms with Gasteiger partial charge in [-0.3, -0.25) is 20.3 Å². The summed E-state index contributed by atoms with van der Waals surface area (Å²) in [6.45, 7) is 0.000282. The smallest absolute Gasteiger partial charge is 0.272 e. The molecule has 3 N–H and O–H groups in total. The van der Waals surface area contributed by atoms with E-state index in [1.165, 1.54) is 0 Å². The van der Waals surface area contributed by atoms with Crippen molar-refractivity contribution in [2.24, 2.45) is 5.84 Å². The van der Waals surface area contributed by atoms with Crippen LogP contribution in [0.1, 0.15) is 6.42 Å². The van der Waals surface area contributed by atoms with E-state index in [-0.39, 0.29) is 34.5 Å². The van der Waals surface area contributed by atoms with E-state index in [1.807, 2.05) is 5.43 Å². The van der Waals surface area contributed by atoms with Crippen LogP contribution >= 0.6 is 23.2 Å². The maximum Gasteiger partial charge on any atom is 0.272 e. The SMILES string of the molecule is NNC(=O)CCOc1c(Cl)cc([N+](=O)[O-])cc1Cl. The number of hydrogen-bond donors (Lipinski definition) is 2. The van der Waals surface area contributed by atoms with Crippen molar-refractivity contribution < 1.29 is 14.5 Å². The Kier molecular flexibility index (Phi) is 5.14. The lowest BCUT2D eigenvalue weighted by Gasteiger charge is -2.09. The first-order chi connectivity index (χ1) is 8.45. The van der Waals surface area contributed by atoms with E-state index in [2.05, 4.69) is 0 Å². The van der Waals surface area contributed by atoms with Crippen LogP contribution in [0.4, 0.5) is 5.69 Å². The quantitative estimate of drug-likeness (QED) is 0.371. The van der Waals surface area contributed by atoms with Crippen LogP contribution in [0, 0.1) is 10.1 Å². The number of hydrogen-bond acceptors (Lipinski definition) is 5. The lowest BCUT2D eigenvalue weighted by Crippen LogP contribution is -2.31. The fraction of sp³-hybridized carbons (Fsp3) is 0.222. The van der Waals surface area contributed by atoms with E-state index in [0.29, 0.717) is 0 Å². The number of halogens is 2. The first kappa shape index (κ1) is 14.5. The van der Waals surface area contributed by atoms with E-state index >= 15 is 0 Å². The predicted molar refractivity (Wildman–Crippen MR) is 65.6 cm³/mol. The Hall–Kier alpha value is -1.57. The zero-order valence-electron chi connectivity index (χ0n) is 8.98. The Morgan fingerprint density at radius 3 is 2.44 bits per heavy atom. The van der Waals surface area contributed by atoms with Gasteiger partial charge in [-0.25, -0.2) is 5.84 Å². The van der Waals surface area contributed by atoms with Crippen molar-refractivity contribution in [1.82, 2.24) is 5.43 Å². The first-order valence-corrected chi connectivity index (χ1v) is 5.47. The van der Waals surface area contributed by atoms with Gasteiger partial charge in [-0.05, 0) is 0 Å². The molecule has 9 heteroatoms. The molecular weight excluding hydrogens is 285 g/mol. The standard InChI is InChI=1S/C9H9Cl2N3O4/c10-6-3-5(14(16)17)4-7(11)9(6)18-2-1-8(15)13-12/h3-4H,1-2,12H2,(H,13,15). The maximum absolute atomic E-state index is 10.8. The zero-order chi connectivity index (χ0) is 13.7. The number of non-ortho nitro benzene ring substituents is 1. The number of nitrogens with one attached hydrogen (secondary N) is 1. The van der Waals surface area contributed by atoms with Crippen LogP contribution in [0.5, 0.6) is 5.75 Å². The summed E-state index contributed by atoms with van der Waals surface area (Å²) >= 11 is 11.6. The Balaban J connectivity index is 2.78. The second-order valence-corrected chi connectivity index (χ2v) is 3.98. The summed E-state index contributed by atoms with van der Waals surface area (Å²) < 4.78 is 5.17. The van der Waals surface area contributed by atoms with E-state index in [0.717, 1.165) is 12.1 Å². The summed E-state index contributed by atoms with van der Waals surface area (Å²) in [4.78, 5) is 20.8. The number of rotatable bonds is 5. The number of ether oxygens (including phenoxy) is 1. The molecule has 98 valence electrons. The fourth-order valence-corrected chi connectivity index (χ4v) is 1.69. The predicted octanol–water partition coefficient (Wildman–Crippen LogP) is 1.66. The van der Waals surface area contributed by atoms with Crippen LogP contribution in [-0.2, 0) is 4.79 Å². The third-order valence-electron chi connectivity index (χ3n) is 1.93. The van der Waals surface area contributed by atoms with Crippen molar-refractivity contribution in [1.29, 1.82) is 0 Å². The molecule has 0 aliphatic carbocycles. The van der Waals surface area contributed by atoms with Crippen LogP contribution in [0.15, 0.2) is 12.1 Å². The van der Waals surface area contributed by atoms with Gasteiger partial charge >= 0.3 is 0 Å². The second-order valence-electron chi connectivity index (χ2n) is 3.16. The fourth-order valence-electron chi connectivity index (χ4n) is 1.11. The third kappa shape index (κ3) is 3.73. The van der Waals surface area contributed by atoms with Gasteiger partial charge in [0.15, 0.2) is 5.75 Å². The molecule has 0 aliphatic rings. The summed E-state index contributed by atoms with van der Waals surface area (Å²) in [5.74, 6) is 4.56. The van der Waals surface area contributed by atoms with Gasteiger partial charge < -0.3 is 4.74 Å². The van der Waals surface area contributed by atoms with Crippen LogP contribution in [-0.4, -0.2) is 17.4 Å². The van der Waals surface area contributed by atoms with Gasteiger partial charge in [0, 0.05) is 12.1 Å². The molecule has 0 fully saturated rings. The number of amides is 1. The number of nitrogens with zero attached hydrogens (tertiary/aromatic N) is 1. The molecule has 0 unspecified atom stereocenters. The van der Waals surface area contributed by atoms with Gasteiger partial charge in [0.2, 0.25) is 5.91 Å². The number of benzene rings is 1. The molecule has 0 atom stereocenters. The van der Waals surface area contributed by atoms with Crippen molar-refractivity contribution in [3.8, 4) is 5.75 Å². The molecule has 0 saturated carbocycles.